The average Bonchev–Trinajstić information content (AvgIpc) is 2.78. The number of rotatable bonds is 6. The maximum Gasteiger partial charge on any atom is 0.335 e. The molecule has 2 aromatic rings. The smallest absolute Gasteiger partial charge is 0.335 e. The molecule has 8 heteroatoms. The van der Waals surface area contributed by atoms with Gasteiger partial charge in [-0.3, -0.25) is 14.4 Å². The molecule has 8 nitrogen and oxygen atoms in total. The Hall–Kier alpha value is -3.81. The van der Waals surface area contributed by atoms with E-state index in [-0.39, 0.29) is 17.9 Å². The van der Waals surface area contributed by atoms with Crippen LogP contribution >= 0.6 is 0 Å². The lowest BCUT2D eigenvalue weighted by atomic mass is 9.74. The van der Waals surface area contributed by atoms with Gasteiger partial charge >= 0.3 is 12.0 Å². The van der Waals surface area contributed by atoms with Gasteiger partial charge < -0.3 is 10.5 Å². The lowest BCUT2D eigenvalue weighted by Crippen LogP contribution is -2.58. The van der Waals surface area contributed by atoms with Crippen LogP contribution in [0.1, 0.15) is 34.6 Å². The van der Waals surface area contributed by atoms with Gasteiger partial charge in [-0.15, -0.1) is 0 Å². The molecule has 3 unspecified atom stereocenters. The Morgan fingerprint density at radius 3 is 1.94 bits per heavy atom. The van der Waals surface area contributed by atoms with Crippen LogP contribution < -0.4 is 5.73 Å². The van der Waals surface area contributed by atoms with Crippen molar-refractivity contribution in [3.05, 3.63) is 71.8 Å². The first-order valence-corrected chi connectivity index (χ1v) is 9.85. The Bertz CT molecular complexity index is 1020. The van der Waals surface area contributed by atoms with Crippen molar-refractivity contribution in [3.8, 4) is 0 Å². The number of amides is 2. The molecule has 0 fully saturated rings. The predicted octanol–water partition coefficient (Wildman–Crippen LogP) is 2.69. The maximum atomic E-state index is 13.6. The van der Waals surface area contributed by atoms with Gasteiger partial charge in [-0.05, 0) is 13.8 Å². The number of esters is 1. The van der Waals surface area contributed by atoms with Gasteiger partial charge in [0.15, 0.2) is 11.6 Å². The normalized spacial score (nSPS) is 20.5. The van der Waals surface area contributed by atoms with E-state index in [2.05, 4.69) is 5.10 Å². The lowest BCUT2D eigenvalue weighted by Gasteiger charge is -2.39. The number of carbonyl (C=O) groups excluding carboxylic acids is 4. The second-order valence-electron chi connectivity index (χ2n) is 7.09. The third-order valence-electron chi connectivity index (χ3n) is 5.13. The third-order valence-corrected chi connectivity index (χ3v) is 5.13. The summed E-state index contributed by atoms with van der Waals surface area (Å²) < 4.78 is 5.18. The molecule has 0 spiro atoms. The van der Waals surface area contributed by atoms with Gasteiger partial charge in [0.05, 0.1) is 18.2 Å². The number of hydrazone groups is 1. The Labute approximate surface area is 179 Å². The highest BCUT2D eigenvalue weighted by molar-refractivity contribution is 6.14. The van der Waals surface area contributed by atoms with E-state index in [4.69, 9.17) is 10.5 Å². The Kier molecular flexibility index (Phi) is 6.59. The highest BCUT2D eigenvalue weighted by Gasteiger charge is 2.51. The molecule has 1 aliphatic rings. The number of benzene rings is 2. The fraction of sp³-hybridized carbons (Fsp3) is 0.261. The zero-order valence-electron chi connectivity index (χ0n) is 17.2. The second-order valence-corrected chi connectivity index (χ2v) is 7.09. The van der Waals surface area contributed by atoms with Crippen molar-refractivity contribution >= 4 is 29.3 Å². The first-order chi connectivity index (χ1) is 14.9. The van der Waals surface area contributed by atoms with Gasteiger partial charge in [0, 0.05) is 11.1 Å². The molecule has 1 aliphatic heterocycles. The largest absolute Gasteiger partial charge is 0.465 e. The average molecular weight is 421 g/mol. The molecule has 0 aromatic heterocycles. The summed E-state index contributed by atoms with van der Waals surface area (Å²) in [4.78, 5) is 52.1. The number of ketones is 2. The fourth-order valence-electron chi connectivity index (χ4n) is 3.76. The third kappa shape index (κ3) is 4.37. The number of nitrogens with two attached hydrogens (primary N) is 1. The van der Waals surface area contributed by atoms with E-state index in [1.165, 1.54) is 6.92 Å². The van der Waals surface area contributed by atoms with Crippen LogP contribution in [0, 0.1) is 11.8 Å². The van der Waals surface area contributed by atoms with Gasteiger partial charge in [0.2, 0.25) is 0 Å². The van der Waals surface area contributed by atoms with Gasteiger partial charge in [-0.1, -0.05) is 60.7 Å². The molecule has 0 aliphatic carbocycles. The fourth-order valence-corrected chi connectivity index (χ4v) is 3.76. The van der Waals surface area contributed by atoms with Crippen LogP contribution in [0.5, 0.6) is 0 Å². The number of urea groups is 1. The van der Waals surface area contributed by atoms with Crippen molar-refractivity contribution in [1.82, 2.24) is 5.01 Å². The van der Waals surface area contributed by atoms with E-state index < -0.39 is 41.4 Å². The van der Waals surface area contributed by atoms with E-state index in [0.717, 1.165) is 5.01 Å². The van der Waals surface area contributed by atoms with Gasteiger partial charge in [-0.2, -0.15) is 5.10 Å². The molecule has 0 bridgehead atoms. The van der Waals surface area contributed by atoms with Crippen molar-refractivity contribution in [3.63, 3.8) is 0 Å². The number of hydrogen-bond acceptors (Lipinski definition) is 6. The number of ether oxygens (including phenoxy) is 1. The summed E-state index contributed by atoms with van der Waals surface area (Å²) in [6.45, 7) is 3.24. The van der Waals surface area contributed by atoms with Crippen LogP contribution in [0.25, 0.3) is 0 Å². The molecule has 3 atom stereocenters. The van der Waals surface area contributed by atoms with Gasteiger partial charge in [0.1, 0.15) is 12.0 Å². The highest BCUT2D eigenvalue weighted by atomic mass is 16.5. The molecule has 0 radical (unpaired) electrons. The van der Waals surface area contributed by atoms with Gasteiger partial charge in [-0.25, -0.2) is 9.80 Å². The maximum absolute atomic E-state index is 13.6. The van der Waals surface area contributed by atoms with Crippen molar-refractivity contribution in [2.75, 3.05) is 6.61 Å². The molecule has 31 heavy (non-hydrogen) atoms. The van der Waals surface area contributed by atoms with Crippen LogP contribution in [0.3, 0.4) is 0 Å². The molecule has 0 saturated carbocycles. The van der Waals surface area contributed by atoms with E-state index in [9.17, 15) is 19.2 Å². The summed E-state index contributed by atoms with van der Waals surface area (Å²) in [5, 5.41) is 4.92. The van der Waals surface area contributed by atoms with Crippen molar-refractivity contribution < 1.29 is 23.9 Å². The topological polar surface area (TPSA) is 119 Å². The SMILES string of the molecule is CCOC(=O)C1C(C)=NN(C(N)=O)C(C(=O)c2ccccc2)C1C(=O)c1ccccc1. The standard InChI is InChI=1S/C23H23N3O5/c1-3-31-22(29)17-14(2)25-26(23(24)30)19(21(28)16-12-8-5-9-13-16)18(17)20(27)15-10-6-4-7-11-15/h4-13,17-19H,3H2,1-2H3,(H2,24,30). The first-order valence-electron chi connectivity index (χ1n) is 9.85. The summed E-state index contributed by atoms with van der Waals surface area (Å²) in [6, 6.07) is 14.1. The zero-order chi connectivity index (χ0) is 22.5. The quantitative estimate of drug-likeness (QED) is 0.568. The monoisotopic (exact) mass is 421 g/mol. The van der Waals surface area contributed by atoms with Crippen LogP contribution in [0.15, 0.2) is 65.8 Å². The van der Waals surface area contributed by atoms with Crippen molar-refractivity contribution in [2.45, 2.75) is 19.9 Å². The molecule has 3 rings (SSSR count). The summed E-state index contributed by atoms with van der Waals surface area (Å²) in [5.41, 5.74) is 6.25. The molecule has 2 amide bonds. The summed E-state index contributed by atoms with van der Waals surface area (Å²) in [5.74, 6) is -4.10. The molecular weight excluding hydrogens is 398 g/mol. The molecule has 2 N–H and O–H groups in total. The van der Waals surface area contributed by atoms with Crippen LogP contribution in [0.4, 0.5) is 4.79 Å². The van der Waals surface area contributed by atoms with Crippen LogP contribution in [-0.2, 0) is 9.53 Å². The number of nitrogens with zero attached hydrogens (tertiary/aromatic N) is 2. The molecular formula is C23H23N3O5. The minimum Gasteiger partial charge on any atom is -0.465 e. The number of hydrogen-bond donors (Lipinski definition) is 1. The van der Waals surface area contributed by atoms with Crippen molar-refractivity contribution in [2.24, 2.45) is 22.7 Å². The van der Waals surface area contributed by atoms with E-state index in [1.807, 2.05) is 0 Å². The van der Waals surface area contributed by atoms with Crippen LogP contribution in [0.2, 0.25) is 0 Å². The molecule has 2 aromatic carbocycles. The lowest BCUT2D eigenvalue weighted by molar-refractivity contribution is -0.147. The molecule has 160 valence electrons. The van der Waals surface area contributed by atoms with Gasteiger partial charge in [0.25, 0.3) is 0 Å². The molecule has 0 saturated heterocycles. The summed E-state index contributed by atoms with van der Waals surface area (Å²) >= 11 is 0. The Morgan fingerprint density at radius 1 is 0.935 bits per heavy atom. The number of primary amides is 1. The predicted molar refractivity (Wildman–Crippen MR) is 113 cm³/mol. The van der Waals surface area contributed by atoms with E-state index in [0.29, 0.717) is 5.56 Å². The first kappa shape index (κ1) is 21.9. The van der Waals surface area contributed by atoms with Crippen LogP contribution in [-0.4, -0.2) is 46.9 Å². The summed E-state index contributed by atoms with van der Waals surface area (Å²) in [7, 11) is 0. The zero-order valence-corrected chi connectivity index (χ0v) is 17.2. The highest BCUT2D eigenvalue weighted by Crippen LogP contribution is 2.33. The second kappa shape index (κ2) is 9.34. The Morgan fingerprint density at radius 2 is 1.45 bits per heavy atom. The molecule has 1 heterocycles. The Balaban J connectivity index is 2.20. The minimum absolute atomic E-state index is 0.0890. The number of Topliss-reactive ketones (excluding diaryl/α,β-unsaturated/α-hetero) is 2. The van der Waals surface area contributed by atoms with E-state index >= 15 is 0 Å². The summed E-state index contributed by atoms with van der Waals surface area (Å²) in [6.07, 6.45) is 0. The van der Waals surface area contributed by atoms with Crippen molar-refractivity contribution in [1.29, 1.82) is 0 Å². The number of carbonyl (C=O) groups is 4. The van der Waals surface area contributed by atoms with E-state index in [1.54, 1.807) is 67.6 Å². The minimum atomic E-state index is -1.40.